The minimum Gasteiger partial charge on any atom is -0.492 e. The Hall–Kier alpha value is -2.41. The molecule has 0 radical (unpaired) electrons. The van der Waals surface area contributed by atoms with Crippen molar-refractivity contribution >= 4 is 11.6 Å². The van der Waals surface area contributed by atoms with Gasteiger partial charge in [-0.15, -0.1) is 0 Å². The molecule has 2 fully saturated rings. The highest BCUT2D eigenvalue weighted by Gasteiger charge is 2.35. The van der Waals surface area contributed by atoms with Crippen LogP contribution in [0.1, 0.15) is 43.3 Å². The van der Waals surface area contributed by atoms with Gasteiger partial charge in [-0.05, 0) is 31.9 Å². The van der Waals surface area contributed by atoms with Crippen LogP contribution in [-0.4, -0.2) is 47.2 Å². The Labute approximate surface area is 146 Å². The highest BCUT2D eigenvalue weighted by atomic mass is 16.5. The predicted octanol–water partition coefficient (Wildman–Crippen LogP) is 2.38. The summed E-state index contributed by atoms with van der Waals surface area (Å²) in [5, 5.41) is 6.97. The summed E-state index contributed by atoms with van der Waals surface area (Å²) in [5.41, 5.74) is 0.706. The fourth-order valence-electron chi connectivity index (χ4n) is 3.02. The lowest BCUT2D eigenvalue weighted by Gasteiger charge is -2.36. The van der Waals surface area contributed by atoms with E-state index in [0.29, 0.717) is 36.4 Å². The summed E-state index contributed by atoms with van der Waals surface area (Å²) in [6.45, 7) is 4.37. The van der Waals surface area contributed by atoms with Crippen molar-refractivity contribution < 1.29 is 14.1 Å². The molecule has 1 aliphatic heterocycles. The Bertz CT molecular complexity index is 750. The van der Waals surface area contributed by atoms with E-state index in [1.165, 1.54) is 12.8 Å². The van der Waals surface area contributed by atoms with Gasteiger partial charge in [-0.1, -0.05) is 17.3 Å². The van der Waals surface area contributed by atoms with Crippen molar-refractivity contribution in [2.45, 2.75) is 31.6 Å². The lowest BCUT2D eigenvalue weighted by molar-refractivity contribution is -0.118. The van der Waals surface area contributed by atoms with E-state index in [0.717, 1.165) is 18.9 Å². The van der Waals surface area contributed by atoms with Gasteiger partial charge in [-0.25, -0.2) is 0 Å². The maximum absolute atomic E-state index is 12.3. The number of ether oxygens (including phenoxy) is 1. The Morgan fingerprint density at radius 3 is 2.88 bits per heavy atom. The molecule has 4 rings (SSSR count). The quantitative estimate of drug-likeness (QED) is 0.832. The van der Waals surface area contributed by atoms with Crippen molar-refractivity contribution in [1.29, 1.82) is 0 Å². The van der Waals surface area contributed by atoms with Crippen LogP contribution in [0.4, 0.5) is 5.69 Å². The fourth-order valence-corrected chi connectivity index (χ4v) is 3.02. The molecule has 1 aromatic carbocycles. The molecule has 132 valence electrons. The van der Waals surface area contributed by atoms with Crippen LogP contribution in [0.15, 0.2) is 28.8 Å². The maximum atomic E-state index is 12.3. The first-order valence-electron chi connectivity index (χ1n) is 8.80. The van der Waals surface area contributed by atoms with Gasteiger partial charge in [-0.2, -0.15) is 4.98 Å². The molecule has 1 saturated carbocycles. The summed E-state index contributed by atoms with van der Waals surface area (Å²) in [6.07, 6.45) is 2.33. The van der Waals surface area contributed by atoms with E-state index >= 15 is 0 Å². The highest BCUT2D eigenvalue weighted by Crippen LogP contribution is 2.39. The summed E-state index contributed by atoms with van der Waals surface area (Å²) in [5.74, 6) is 2.94. The minimum absolute atomic E-state index is 0.0465. The fraction of sp³-hybridized carbons (Fsp3) is 0.500. The summed E-state index contributed by atoms with van der Waals surface area (Å²) < 4.78 is 10.9. The van der Waals surface area contributed by atoms with Gasteiger partial charge in [0, 0.05) is 19.0 Å². The summed E-state index contributed by atoms with van der Waals surface area (Å²) in [6, 6.07) is 7.47. The van der Waals surface area contributed by atoms with Gasteiger partial charge >= 0.3 is 0 Å². The van der Waals surface area contributed by atoms with Crippen LogP contribution in [-0.2, 0) is 4.79 Å². The summed E-state index contributed by atoms with van der Waals surface area (Å²) >= 11 is 0. The number of amides is 1. The molecular weight excluding hydrogens is 320 g/mol. The molecule has 1 aliphatic carbocycles. The Kier molecular flexibility index (Phi) is 4.40. The highest BCUT2D eigenvalue weighted by molar-refractivity contribution is 5.93. The SMILES string of the molecule is CCOc1ccccc1NC(=O)CN1CC(c2nc(C3CC3)no2)C1. The third-order valence-corrected chi connectivity index (χ3v) is 4.53. The molecule has 7 heteroatoms. The number of benzene rings is 1. The van der Waals surface area contributed by atoms with Crippen LogP contribution in [0.2, 0.25) is 0 Å². The van der Waals surface area contributed by atoms with Crippen molar-refractivity contribution in [2.24, 2.45) is 0 Å². The van der Waals surface area contributed by atoms with Gasteiger partial charge in [0.15, 0.2) is 5.82 Å². The third kappa shape index (κ3) is 3.66. The predicted molar refractivity (Wildman–Crippen MR) is 91.7 cm³/mol. The topological polar surface area (TPSA) is 80.5 Å². The van der Waals surface area contributed by atoms with Crippen LogP contribution >= 0.6 is 0 Å². The van der Waals surface area contributed by atoms with Gasteiger partial charge in [0.25, 0.3) is 0 Å². The summed E-state index contributed by atoms with van der Waals surface area (Å²) in [7, 11) is 0. The van der Waals surface area contributed by atoms with Crippen LogP contribution < -0.4 is 10.1 Å². The van der Waals surface area contributed by atoms with Crippen molar-refractivity contribution in [3.63, 3.8) is 0 Å². The van der Waals surface area contributed by atoms with Gasteiger partial charge < -0.3 is 14.6 Å². The van der Waals surface area contributed by atoms with Crippen molar-refractivity contribution in [3.8, 4) is 5.75 Å². The zero-order valence-corrected chi connectivity index (χ0v) is 14.3. The number of carbonyl (C=O) groups is 1. The number of anilines is 1. The van der Waals surface area contributed by atoms with Crippen LogP contribution in [0.25, 0.3) is 0 Å². The zero-order chi connectivity index (χ0) is 17.2. The lowest BCUT2D eigenvalue weighted by Crippen LogP contribution is -2.48. The van der Waals surface area contributed by atoms with Crippen LogP contribution in [0.5, 0.6) is 5.75 Å². The largest absolute Gasteiger partial charge is 0.492 e. The number of nitrogens with zero attached hydrogens (tertiary/aromatic N) is 3. The van der Waals surface area contributed by atoms with Gasteiger partial charge in [0.2, 0.25) is 11.8 Å². The number of hydrogen-bond acceptors (Lipinski definition) is 6. The van der Waals surface area contributed by atoms with E-state index in [2.05, 4.69) is 20.4 Å². The minimum atomic E-state index is -0.0465. The Morgan fingerprint density at radius 1 is 1.32 bits per heavy atom. The first-order chi connectivity index (χ1) is 12.2. The van der Waals surface area contributed by atoms with E-state index < -0.39 is 0 Å². The molecule has 1 aromatic heterocycles. The first-order valence-corrected chi connectivity index (χ1v) is 8.80. The second kappa shape index (κ2) is 6.84. The van der Waals surface area contributed by atoms with Crippen LogP contribution in [0, 0.1) is 0 Å². The molecule has 2 heterocycles. The van der Waals surface area contributed by atoms with E-state index in [9.17, 15) is 4.79 Å². The van der Waals surface area contributed by atoms with Crippen molar-refractivity contribution in [1.82, 2.24) is 15.0 Å². The van der Waals surface area contributed by atoms with Crippen molar-refractivity contribution in [3.05, 3.63) is 36.0 Å². The molecule has 2 aliphatic rings. The maximum Gasteiger partial charge on any atom is 0.238 e. The Morgan fingerprint density at radius 2 is 2.12 bits per heavy atom. The van der Waals surface area contributed by atoms with Gasteiger partial charge in [0.1, 0.15) is 5.75 Å². The normalized spacial score (nSPS) is 18.0. The molecule has 0 spiro atoms. The monoisotopic (exact) mass is 342 g/mol. The van der Waals surface area contributed by atoms with Crippen molar-refractivity contribution in [2.75, 3.05) is 31.6 Å². The summed E-state index contributed by atoms with van der Waals surface area (Å²) in [4.78, 5) is 18.8. The standard InChI is InChI=1S/C18H22N4O3/c1-2-24-15-6-4-3-5-14(15)19-16(23)11-22-9-13(10-22)18-20-17(21-25-18)12-7-8-12/h3-6,12-13H,2,7-11H2,1H3,(H,19,23). The second-order valence-electron chi connectivity index (χ2n) is 6.63. The molecule has 0 bridgehead atoms. The third-order valence-electron chi connectivity index (χ3n) is 4.53. The molecule has 2 aromatic rings. The molecule has 7 nitrogen and oxygen atoms in total. The van der Waals surface area contributed by atoms with Gasteiger partial charge in [0.05, 0.1) is 24.8 Å². The number of carbonyl (C=O) groups excluding carboxylic acids is 1. The average molecular weight is 342 g/mol. The van der Waals surface area contributed by atoms with E-state index in [4.69, 9.17) is 9.26 Å². The molecule has 0 atom stereocenters. The van der Waals surface area contributed by atoms with E-state index in [1.54, 1.807) is 0 Å². The molecule has 1 N–H and O–H groups in total. The number of para-hydroxylation sites is 2. The van der Waals surface area contributed by atoms with E-state index in [-0.39, 0.29) is 11.8 Å². The second-order valence-corrected chi connectivity index (χ2v) is 6.63. The number of nitrogens with one attached hydrogen (secondary N) is 1. The van der Waals surface area contributed by atoms with Crippen LogP contribution in [0.3, 0.4) is 0 Å². The zero-order valence-electron chi connectivity index (χ0n) is 14.3. The smallest absolute Gasteiger partial charge is 0.238 e. The molecular formula is C18H22N4O3. The molecule has 1 saturated heterocycles. The average Bonchev–Trinajstić information content (AvgIpc) is 3.31. The Balaban J connectivity index is 1.27. The lowest BCUT2D eigenvalue weighted by atomic mass is 10.0. The van der Waals surface area contributed by atoms with E-state index in [1.807, 2.05) is 31.2 Å². The number of rotatable bonds is 7. The number of likely N-dealkylation sites (tertiary alicyclic amines) is 1. The number of aromatic nitrogens is 2. The van der Waals surface area contributed by atoms with Gasteiger partial charge in [-0.3, -0.25) is 9.69 Å². The molecule has 25 heavy (non-hydrogen) atoms. The molecule has 0 unspecified atom stereocenters. The molecule has 1 amide bonds. The first kappa shape index (κ1) is 16.1. The number of hydrogen-bond donors (Lipinski definition) is 1.